The number of sulfonamides is 1. The summed E-state index contributed by atoms with van der Waals surface area (Å²) in [5, 5.41) is 4.97. The zero-order chi connectivity index (χ0) is 24.4. The van der Waals surface area contributed by atoms with Crippen molar-refractivity contribution >= 4 is 20.9 Å². The van der Waals surface area contributed by atoms with E-state index in [9.17, 15) is 12.8 Å². The lowest BCUT2D eigenvalue weighted by atomic mass is 10.0. The van der Waals surface area contributed by atoms with E-state index >= 15 is 0 Å². The first-order valence-electron chi connectivity index (χ1n) is 11.9. The van der Waals surface area contributed by atoms with E-state index < -0.39 is 22.2 Å². The van der Waals surface area contributed by atoms with Gasteiger partial charge in [0.15, 0.2) is 0 Å². The Morgan fingerprint density at radius 3 is 2.46 bits per heavy atom. The van der Waals surface area contributed by atoms with Gasteiger partial charge in [0.2, 0.25) is 10.0 Å². The van der Waals surface area contributed by atoms with Crippen molar-refractivity contribution in [2.45, 2.75) is 50.0 Å². The van der Waals surface area contributed by atoms with Gasteiger partial charge in [-0.2, -0.15) is 5.10 Å². The van der Waals surface area contributed by atoms with Crippen LogP contribution in [0.2, 0.25) is 0 Å². The average molecular weight is 494 g/mol. The van der Waals surface area contributed by atoms with Gasteiger partial charge in [-0.15, -0.1) is 0 Å². The van der Waals surface area contributed by atoms with Crippen LogP contribution in [0, 0.1) is 5.82 Å². The van der Waals surface area contributed by atoms with Gasteiger partial charge in [0.1, 0.15) is 17.7 Å². The lowest BCUT2D eigenvalue weighted by molar-refractivity contribution is 0.173. The zero-order valence-electron chi connectivity index (χ0n) is 19.5. The first kappa shape index (κ1) is 23.5. The minimum absolute atomic E-state index is 0.300. The van der Waals surface area contributed by atoms with Gasteiger partial charge in [0, 0.05) is 5.39 Å². The molecule has 5 rings (SSSR count). The molecule has 0 radical (unpaired) electrons. The quantitative estimate of drug-likeness (QED) is 0.350. The first-order valence-corrected chi connectivity index (χ1v) is 13.4. The Balaban J connectivity index is 1.42. The fourth-order valence-corrected chi connectivity index (χ4v) is 6.52. The Bertz CT molecular complexity index is 1400. The summed E-state index contributed by atoms with van der Waals surface area (Å²) < 4.78 is 50.3. The topological polar surface area (TPSA) is 73.2 Å². The second kappa shape index (κ2) is 9.79. The van der Waals surface area contributed by atoms with Gasteiger partial charge in [-0.05, 0) is 67.8 Å². The molecule has 1 aliphatic carbocycles. The van der Waals surface area contributed by atoms with Crippen molar-refractivity contribution in [3.63, 3.8) is 0 Å². The van der Waals surface area contributed by atoms with Crippen LogP contribution >= 0.6 is 0 Å². The number of hydrogen-bond acceptors (Lipinski definition) is 4. The van der Waals surface area contributed by atoms with Crippen molar-refractivity contribution in [2.24, 2.45) is 0 Å². The number of rotatable bonds is 8. The van der Waals surface area contributed by atoms with Crippen molar-refractivity contribution in [1.82, 2.24) is 14.5 Å². The number of nitrogens with one attached hydrogen (secondary N) is 1. The van der Waals surface area contributed by atoms with E-state index in [1.807, 2.05) is 55.5 Å². The molecule has 1 aliphatic rings. The number of fused-ring (bicyclic) bond motifs is 1. The molecular weight excluding hydrogens is 465 g/mol. The van der Waals surface area contributed by atoms with Gasteiger partial charge < -0.3 is 4.74 Å². The Morgan fingerprint density at radius 2 is 1.74 bits per heavy atom. The Kier molecular flexibility index (Phi) is 6.58. The summed E-state index contributed by atoms with van der Waals surface area (Å²) in [6, 6.07) is 20.9. The highest BCUT2D eigenvalue weighted by Crippen LogP contribution is 2.30. The van der Waals surface area contributed by atoms with Crippen molar-refractivity contribution in [3.05, 3.63) is 90.4 Å². The van der Waals surface area contributed by atoms with E-state index in [1.165, 1.54) is 12.1 Å². The highest BCUT2D eigenvalue weighted by Gasteiger charge is 2.33. The molecule has 2 unspecified atom stereocenters. The summed E-state index contributed by atoms with van der Waals surface area (Å²) in [4.78, 5) is 0. The Labute approximate surface area is 204 Å². The molecule has 1 heterocycles. The molecule has 4 aromatic rings. The number of hydrogen-bond donors (Lipinski definition) is 1. The molecule has 1 saturated carbocycles. The highest BCUT2D eigenvalue weighted by atomic mass is 32.2. The number of aromatic nitrogens is 2. The molecular formula is C27H28FN3O3S. The van der Waals surface area contributed by atoms with Crippen molar-refractivity contribution in [1.29, 1.82) is 0 Å². The van der Waals surface area contributed by atoms with Crippen LogP contribution in [-0.4, -0.2) is 29.5 Å². The molecule has 0 aliphatic heterocycles. The molecule has 1 fully saturated rings. The largest absolute Gasteiger partial charge is 0.484 e. The Hall–Kier alpha value is -3.23. The van der Waals surface area contributed by atoms with Gasteiger partial charge in [0.25, 0.3) is 0 Å². The van der Waals surface area contributed by atoms with E-state index in [0.29, 0.717) is 18.6 Å². The van der Waals surface area contributed by atoms with Gasteiger partial charge in [-0.1, -0.05) is 43.2 Å². The van der Waals surface area contributed by atoms with Crippen LogP contribution in [0.3, 0.4) is 0 Å². The smallest absolute Gasteiger partial charge is 0.214 e. The van der Waals surface area contributed by atoms with E-state index in [4.69, 9.17) is 4.74 Å². The maximum absolute atomic E-state index is 13.3. The van der Waals surface area contributed by atoms with Crippen LogP contribution in [0.4, 0.5) is 4.39 Å². The average Bonchev–Trinajstić information content (AvgIpc) is 3.54. The molecule has 0 saturated heterocycles. The van der Waals surface area contributed by atoms with E-state index in [2.05, 4.69) is 9.82 Å². The highest BCUT2D eigenvalue weighted by molar-refractivity contribution is 7.90. The molecule has 35 heavy (non-hydrogen) atoms. The van der Waals surface area contributed by atoms with Crippen molar-refractivity contribution in [2.75, 3.05) is 0 Å². The first-order chi connectivity index (χ1) is 16.9. The number of halogens is 1. The Morgan fingerprint density at radius 1 is 1.03 bits per heavy atom. The zero-order valence-corrected chi connectivity index (χ0v) is 20.3. The molecule has 0 bridgehead atoms. The summed E-state index contributed by atoms with van der Waals surface area (Å²) in [5.74, 6) is 0.308. The SMILES string of the molecule is CC(NS(=O)(=O)C1CCCC1)C(Oc1ccc2c(cnn2-c2ccc(F)cc2)c1)c1ccccc1. The summed E-state index contributed by atoms with van der Waals surface area (Å²) >= 11 is 0. The molecule has 182 valence electrons. The molecule has 1 N–H and O–H groups in total. The number of benzene rings is 3. The van der Waals surface area contributed by atoms with Crippen molar-refractivity contribution in [3.8, 4) is 11.4 Å². The van der Waals surface area contributed by atoms with E-state index in [0.717, 1.165) is 35.0 Å². The molecule has 0 amide bonds. The summed E-state index contributed by atoms with van der Waals surface area (Å²) in [6.07, 6.45) is 4.52. The molecule has 1 aromatic heterocycles. The van der Waals surface area contributed by atoms with Gasteiger partial charge in [0.05, 0.1) is 28.7 Å². The third-order valence-electron chi connectivity index (χ3n) is 6.55. The minimum atomic E-state index is -3.44. The summed E-state index contributed by atoms with van der Waals surface area (Å²) in [5.41, 5.74) is 2.50. The second-order valence-electron chi connectivity index (χ2n) is 9.06. The third-order valence-corrected chi connectivity index (χ3v) is 8.60. The maximum Gasteiger partial charge on any atom is 0.214 e. The third kappa shape index (κ3) is 5.09. The monoisotopic (exact) mass is 493 g/mol. The lowest BCUT2D eigenvalue weighted by Gasteiger charge is -2.27. The van der Waals surface area contributed by atoms with E-state index in [-0.39, 0.29) is 11.1 Å². The predicted octanol–water partition coefficient (Wildman–Crippen LogP) is 5.54. The van der Waals surface area contributed by atoms with Crippen LogP contribution in [0.5, 0.6) is 5.75 Å². The summed E-state index contributed by atoms with van der Waals surface area (Å²) in [6.45, 7) is 1.84. The fourth-order valence-electron chi connectivity index (χ4n) is 4.74. The van der Waals surface area contributed by atoms with Crippen molar-refractivity contribution < 1.29 is 17.5 Å². The second-order valence-corrected chi connectivity index (χ2v) is 11.1. The van der Waals surface area contributed by atoms with Crippen LogP contribution < -0.4 is 9.46 Å². The van der Waals surface area contributed by atoms with Crippen LogP contribution in [-0.2, 0) is 10.0 Å². The molecule has 3 aromatic carbocycles. The minimum Gasteiger partial charge on any atom is -0.484 e. The van der Waals surface area contributed by atoms with Crippen LogP contribution in [0.1, 0.15) is 44.3 Å². The van der Waals surface area contributed by atoms with Crippen LogP contribution in [0.15, 0.2) is 79.0 Å². The van der Waals surface area contributed by atoms with Gasteiger partial charge in [-0.3, -0.25) is 0 Å². The van der Waals surface area contributed by atoms with Gasteiger partial charge >= 0.3 is 0 Å². The molecule has 6 nitrogen and oxygen atoms in total. The number of nitrogens with zero attached hydrogens (tertiary/aromatic N) is 2. The van der Waals surface area contributed by atoms with E-state index in [1.54, 1.807) is 23.0 Å². The fraction of sp³-hybridized carbons (Fsp3) is 0.296. The van der Waals surface area contributed by atoms with Gasteiger partial charge in [-0.25, -0.2) is 22.2 Å². The standard InChI is InChI=1S/C27H28FN3O3S/c1-19(30-35(32,33)25-9-5-6-10-25)27(20-7-3-2-4-8-20)34-24-15-16-26-21(17-24)18-29-31(26)23-13-11-22(28)12-14-23/h2-4,7-8,11-19,25,27,30H,5-6,9-10H2,1H3. The van der Waals surface area contributed by atoms with Crippen LogP contribution in [0.25, 0.3) is 16.6 Å². The molecule has 0 spiro atoms. The number of ether oxygens (including phenoxy) is 1. The maximum atomic E-state index is 13.3. The summed E-state index contributed by atoms with van der Waals surface area (Å²) in [7, 11) is -3.44. The lowest BCUT2D eigenvalue weighted by Crippen LogP contribution is -2.43. The normalized spacial score (nSPS) is 16.4. The molecule has 8 heteroatoms. The molecule has 2 atom stereocenters. The predicted molar refractivity (Wildman–Crippen MR) is 135 cm³/mol.